The topological polar surface area (TPSA) is 51.5 Å². The maximum absolute atomic E-state index is 11.9. The second-order valence-corrected chi connectivity index (χ2v) is 3.85. The van der Waals surface area contributed by atoms with Crippen molar-refractivity contribution in [3.63, 3.8) is 0 Å². The minimum atomic E-state index is -0.727. The molecule has 0 aliphatic heterocycles. The summed E-state index contributed by atoms with van der Waals surface area (Å²) < 4.78 is 7.36. The maximum atomic E-state index is 11.9. The van der Waals surface area contributed by atoms with Crippen LogP contribution in [0, 0.1) is 0 Å². The molecule has 0 radical (unpaired) electrons. The highest BCUT2D eigenvalue weighted by Gasteiger charge is 2.20. The smallest absolute Gasteiger partial charge is 0.235 e. The van der Waals surface area contributed by atoms with Crippen LogP contribution in [-0.2, 0) is 4.79 Å². The summed E-state index contributed by atoms with van der Waals surface area (Å²) in [5, 5.41) is 8.86. The number of ether oxygens (including phenoxy) is 1. The first-order valence-corrected chi connectivity index (χ1v) is 5.79. The zero-order chi connectivity index (χ0) is 12.8. The average molecular weight is 245 g/mol. The van der Waals surface area contributed by atoms with Crippen LogP contribution in [0.5, 0.6) is 5.75 Å². The Hall–Kier alpha value is -2.07. The molecule has 2 rings (SSSR count). The second kappa shape index (κ2) is 6.02. The van der Waals surface area contributed by atoms with E-state index in [1.54, 1.807) is 29.1 Å². The Morgan fingerprint density at radius 3 is 2.44 bits per heavy atom. The molecule has 0 amide bonds. The van der Waals surface area contributed by atoms with Gasteiger partial charge >= 0.3 is 0 Å². The third-order valence-electron chi connectivity index (χ3n) is 2.52. The molecule has 0 saturated heterocycles. The number of carbonyl (C=O) groups is 1. The van der Waals surface area contributed by atoms with E-state index in [9.17, 15) is 4.79 Å². The summed E-state index contributed by atoms with van der Waals surface area (Å²) in [7, 11) is 0. The molecule has 0 aliphatic rings. The van der Waals surface area contributed by atoms with Crippen LogP contribution in [0.4, 0.5) is 0 Å². The van der Waals surface area contributed by atoms with Crippen molar-refractivity contribution in [1.82, 2.24) is 4.57 Å². The van der Waals surface area contributed by atoms with Crippen LogP contribution in [0.3, 0.4) is 0 Å². The number of rotatable bonds is 6. The first-order valence-electron chi connectivity index (χ1n) is 5.79. The number of benzene rings is 1. The van der Waals surface area contributed by atoms with Crippen molar-refractivity contribution < 1.29 is 14.6 Å². The largest absolute Gasteiger partial charge is 0.463 e. The van der Waals surface area contributed by atoms with E-state index < -0.39 is 6.23 Å². The third kappa shape index (κ3) is 2.99. The summed E-state index contributed by atoms with van der Waals surface area (Å²) in [5.41, 5.74) is 0. The predicted octanol–water partition coefficient (Wildman–Crippen LogP) is 2.02. The van der Waals surface area contributed by atoms with Crippen LogP contribution in [0.2, 0.25) is 0 Å². The van der Waals surface area contributed by atoms with E-state index in [1.165, 1.54) is 0 Å². The van der Waals surface area contributed by atoms with Crippen LogP contribution < -0.4 is 4.74 Å². The molecule has 1 unspecified atom stereocenters. The van der Waals surface area contributed by atoms with Crippen molar-refractivity contribution >= 4 is 5.78 Å². The summed E-state index contributed by atoms with van der Waals surface area (Å²) in [6.45, 7) is -0.172. The fourth-order valence-corrected chi connectivity index (χ4v) is 1.66. The second-order valence-electron chi connectivity index (χ2n) is 3.85. The number of para-hydroxylation sites is 1. The Morgan fingerprint density at radius 1 is 1.17 bits per heavy atom. The third-order valence-corrected chi connectivity index (χ3v) is 2.52. The van der Waals surface area contributed by atoms with Crippen molar-refractivity contribution in [2.24, 2.45) is 0 Å². The molecule has 1 N–H and O–H groups in total. The van der Waals surface area contributed by atoms with Crippen LogP contribution in [0.15, 0.2) is 54.9 Å². The van der Waals surface area contributed by atoms with E-state index in [1.807, 2.05) is 30.3 Å². The number of nitrogens with zero attached hydrogens (tertiary/aromatic N) is 1. The number of hydrogen-bond acceptors (Lipinski definition) is 3. The van der Waals surface area contributed by atoms with Crippen molar-refractivity contribution in [2.75, 3.05) is 6.61 Å². The van der Waals surface area contributed by atoms with Gasteiger partial charge in [-0.3, -0.25) is 4.79 Å². The summed E-state index contributed by atoms with van der Waals surface area (Å²) >= 11 is 0. The fourth-order valence-electron chi connectivity index (χ4n) is 1.66. The highest BCUT2D eigenvalue weighted by atomic mass is 16.5. The molecule has 18 heavy (non-hydrogen) atoms. The molecule has 0 fully saturated rings. The highest BCUT2D eigenvalue weighted by molar-refractivity contribution is 5.81. The molecular formula is C14H15NO3. The first kappa shape index (κ1) is 12.4. The molecule has 1 heterocycles. The molecule has 2 aromatic rings. The number of aliphatic hydroxyl groups is 1. The van der Waals surface area contributed by atoms with Crippen LogP contribution in [0.1, 0.15) is 12.6 Å². The van der Waals surface area contributed by atoms with E-state index in [2.05, 4.69) is 0 Å². The van der Waals surface area contributed by atoms with E-state index in [0.29, 0.717) is 5.75 Å². The zero-order valence-electron chi connectivity index (χ0n) is 9.90. The van der Waals surface area contributed by atoms with Crippen molar-refractivity contribution in [3.05, 3.63) is 54.9 Å². The van der Waals surface area contributed by atoms with Crippen LogP contribution in [-0.4, -0.2) is 22.1 Å². The van der Waals surface area contributed by atoms with Crippen LogP contribution >= 0.6 is 0 Å². The Labute approximate surface area is 105 Å². The van der Waals surface area contributed by atoms with Gasteiger partial charge in [-0.2, -0.15) is 0 Å². The summed E-state index contributed by atoms with van der Waals surface area (Å²) in [4.78, 5) is 11.9. The van der Waals surface area contributed by atoms with E-state index in [4.69, 9.17) is 9.84 Å². The monoisotopic (exact) mass is 245 g/mol. The fraction of sp³-hybridized carbons (Fsp3) is 0.214. The average Bonchev–Trinajstić information content (AvgIpc) is 2.91. The predicted molar refractivity (Wildman–Crippen MR) is 67.2 cm³/mol. The number of aromatic nitrogens is 1. The summed E-state index contributed by atoms with van der Waals surface area (Å²) in [6.07, 6.45) is 2.89. The quantitative estimate of drug-likeness (QED) is 0.847. The lowest BCUT2D eigenvalue weighted by atomic mass is 10.2. The number of Topliss-reactive ketones (excluding diaryl/α,β-unsaturated/α-hetero) is 1. The molecule has 1 aromatic heterocycles. The van der Waals surface area contributed by atoms with Gasteiger partial charge in [0.05, 0.1) is 6.61 Å². The lowest BCUT2D eigenvalue weighted by Crippen LogP contribution is -2.24. The van der Waals surface area contributed by atoms with Crippen molar-refractivity contribution in [1.29, 1.82) is 0 Å². The van der Waals surface area contributed by atoms with Gasteiger partial charge < -0.3 is 14.4 Å². The van der Waals surface area contributed by atoms with Gasteiger partial charge in [0.25, 0.3) is 0 Å². The molecule has 0 saturated carbocycles. The SMILES string of the molecule is O=C(CCO)C(Oc1ccccc1)n1cccc1. The maximum Gasteiger partial charge on any atom is 0.235 e. The van der Waals surface area contributed by atoms with Gasteiger partial charge in [-0.25, -0.2) is 0 Å². The van der Waals surface area contributed by atoms with E-state index >= 15 is 0 Å². The van der Waals surface area contributed by atoms with Gasteiger partial charge in [-0.05, 0) is 24.3 Å². The highest BCUT2D eigenvalue weighted by Crippen LogP contribution is 2.18. The van der Waals surface area contributed by atoms with Gasteiger partial charge in [0.2, 0.25) is 6.23 Å². The molecule has 0 bridgehead atoms. The number of ketones is 1. The van der Waals surface area contributed by atoms with Gasteiger partial charge in [-0.15, -0.1) is 0 Å². The van der Waals surface area contributed by atoms with Crippen LogP contribution in [0.25, 0.3) is 0 Å². The molecule has 0 spiro atoms. The molecular weight excluding hydrogens is 230 g/mol. The van der Waals surface area contributed by atoms with Gasteiger partial charge in [0.15, 0.2) is 5.78 Å². The minimum absolute atomic E-state index is 0.0790. The molecule has 4 nitrogen and oxygen atoms in total. The number of aliphatic hydroxyl groups excluding tert-OH is 1. The Kier molecular flexibility index (Phi) is 4.15. The van der Waals surface area contributed by atoms with Gasteiger partial charge in [0.1, 0.15) is 5.75 Å². The standard InChI is InChI=1S/C14H15NO3/c16-11-8-13(17)14(15-9-4-5-10-15)18-12-6-2-1-3-7-12/h1-7,9-10,14,16H,8,11H2. The van der Waals surface area contributed by atoms with Crippen molar-refractivity contribution in [3.8, 4) is 5.75 Å². The normalized spacial score (nSPS) is 12.1. The molecule has 94 valence electrons. The van der Waals surface area contributed by atoms with E-state index in [0.717, 1.165) is 0 Å². The number of carbonyl (C=O) groups excluding carboxylic acids is 1. The minimum Gasteiger partial charge on any atom is -0.463 e. The molecule has 1 atom stereocenters. The first-order chi connectivity index (χ1) is 8.81. The molecule has 0 aliphatic carbocycles. The number of hydrogen-bond donors (Lipinski definition) is 1. The lowest BCUT2D eigenvalue weighted by molar-refractivity contribution is -0.130. The lowest BCUT2D eigenvalue weighted by Gasteiger charge is -2.19. The Balaban J connectivity index is 2.18. The molecule has 1 aromatic carbocycles. The van der Waals surface area contributed by atoms with Crippen molar-refractivity contribution in [2.45, 2.75) is 12.6 Å². The van der Waals surface area contributed by atoms with Gasteiger partial charge in [-0.1, -0.05) is 18.2 Å². The Bertz CT molecular complexity index is 479. The molecule has 4 heteroatoms. The summed E-state index contributed by atoms with van der Waals surface area (Å²) in [6, 6.07) is 12.8. The van der Waals surface area contributed by atoms with E-state index in [-0.39, 0.29) is 18.8 Å². The summed E-state index contributed by atoms with van der Waals surface area (Å²) in [5.74, 6) is 0.472. The zero-order valence-corrected chi connectivity index (χ0v) is 9.90. The Morgan fingerprint density at radius 2 is 1.83 bits per heavy atom. The van der Waals surface area contributed by atoms with Gasteiger partial charge in [0, 0.05) is 18.8 Å².